The summed E-state index contributed by atoms with van der Waals surface area (Å²) in [5.74, 6) is 0.806. The topological polar surface area (TPSA) is 9.23 Å². The van der Waals surface area contributed by atoms with Crippen LogP contribution in [0.25, 0.3) is 0 Å². The Morgan fingerprint density at radius 2 is 1.91 bits per heavy atom. The summed E-state index contributed by atoms with van der Waals surface area (Å²) in [7, 11) is 0. The minimum atomic E-state index is -0.313. The molecule has 1 rings (SSSR count). The number of alkyl halides is 1. The Kier molecular flexibility index (Phi) is 3.45. The van der Waals surface area contributed by atoms with Gasteiger partial charge in [0.2, 0.25) is 0 Å². The maximum Gasteiger partial charge on any atom is 0.119 e. The Balaban J connectivity index is 2.28. The van der Waals surface area contributed by atoms with Crippen LogP contribution in [0, 0.1) is 0 Å². The van der Waals surface area contributed by atoms with E-state index in [1.165, 1.54) is 0 Å². The van der Waals surface area contributed by atoms with Crippen LogP contribution in [0.5, 0.6) is 5.75 Å². The molecule has 0 aromatic heterocycles. The highest BCUT2D eigenvalue weighted by atomic mass is 18.2. The monoisotopic (exact) mass is 153 g/mol. The van der Waals surface area contributed by atoms with Crippen molar-refractivity contribution in [3.63, 3.8) is 0 Å². The van der Waals surface area contributed by atoms with E-state index in [0.717, 1.165) is 5.75 Å². The molecule has 0 bridgehead atoms. The van der Waals surface area contributed by atoms with E-state index in [0.29, 0.717) is 13.0 Å². The molecule has 11 heavy (non-hydrogen) atoms. The van der Waals surface area contributed by atoms with Crippen molar-refractivity contribution in [2.45, 2.75) is 6.42 Å². The molecule has 60 valence electrons. The van der Waals surface area contributed by atoms with Gasteiger partial charge in [-0.15, -0.1) is 0 Å². The third-order valence-corrected chi connectivity index (χ3v) is 1.29. The van der Waals surface area contributed by atoms with Gasteiger partial charge in [-0.05, 0) is 12.1 Å². The lowest BCUT2D eigenvalue weighted by molar-refractivity contribution is 0.289. The Labute approximate surface area is 65.8 Å². The van der Waals surface area contributed by atoms with Gasteiger partial charge in [-0.2, -0.15) is 0 Å². The van der Waals surface area contributed by atoms with Gasteiger partial charge < -0.3 is 4.74 Å². The molecule has 0 atom stereocenters. The van der Waals surface area contributed by atoms with Crippen LogP contribution in [0.4, 0.5) is 4.39 Å². The molecule has 0 aliphatic rings. The van der Waals surface area contributed by atoms with Crippen molar-refractivity contribution in [2.24, 2.45) is 0 Å². The van der Waals surface area contributed by atoms with E-state index < -0.39 is 0 Å². The van der Waals surface area contributed by atoms with E-state index in [1.807, 2.05) is 30.3 Å². The van der Waals surface area contributed by atoms with Crippen molar-refractivity contribution in [1.82, 2.24) is 0 Å². The van der Waals surface area contributed by atoms with Gasteiger partial charge in [0, 0.05) is 6.42 Å². The van der Waals surface area contributed by atoms with E-state index in [2.05, 4.69) is 0 Å². The maximum atomic E-state index is 11.6. The minimum absolute atomic E-state index is 0.313. The van der Waals surface area contributed by atoms with E-state index in [4.69, 9.17) is 4.74 Å². The highest BCUT2D eigenvalue weighted by Crippen LogP contribution is 2.07. The molecule has 0 heterocycles. The average Bonchev–Trinajstić information content (AvgIpc) is 2.07. The van der Waals surface area contributed by atoms with Gasteiger partial charge in [-0.3, -0.25) is 4.39 Å². The summed E-state index contributed by atoms with van der Waals surface area (Å²) in [6.07, 6.45) is 0.467. The third kappa shape index (κ3) is 3.03. The predicted molar refractivity (Wildman–Crippen MR) is 42.5 cm³/mol. The molecule has 0 N–H and O–H groups in total. The van der Waals surface area contributed by atoms with Crippen LogP contribution in [-0.4, -0.2) is 13.3 Å². The summed E-state index contributed by atoms with van der Waals surface area (Å²) in [4.78, 5) is 0. The highest BCUT2D eigenvalue weighted by molar-refractivity contribution is 5.20. The molecular formula is C9H11FO. The van der Waals surface area contributed by atoms with Crippen molar-refractivity contribution in [1.29, 1.82) is 0 Å². The molecule has 0 aliphatic carbocycles. The molecule has 0 radical (unpaired) electrons. The number of halogens is 1. The number of para-hydroxylation sites is 1. The first-order chi connectivity index (χ1) is 5.43. The largest absolute Gasteiger partial charge is 0.494 e. The summed E-state index contributed by atoms with van der Waals surface area (Å²) in [6, 6.07) is 9.42. The summed E-state index contributed by atoms with van der Waals surface area (Å²) in [6.45, 7) is 0.146. The molecule has 0 aliphatic heterocycles. The lowest BCUT2D eigenvalue weighted by Crippen LogP contribution is -1.97. The van der Waals surface area contributed by atoms with Crippen molar-refractivity contribution < 1.29 is 9.13 Å². The highest BCUT2D eigenvalue weighted by Gasteiger charge is 1.89. The first-order valence-corrected chi connectivity index (χ1v) is 3.67. The zero-order valence-corrected chi connectivity index (χ0v) is 6.29. The third-order valence-electron chi connectivity index (χ3n) is 1.29. The Morgan fingerprint density at radius 1 is 1.18 bits per heavy atom. The number of hydrogen-bond donors (Lipinski definition) is 0. The van der Waals surface area contributed by atoms with Crippen LogP contribution in [0.2, 0.25) is 0 Å². The number of rotatable bonds is 4. The van der Waals surface area contributed by atoms with Crippen molar-refractivity contribution in [3.05, 3.63) is 30.3 Å². The normalized spacial score (nSPS) is 9.55. The van der Waals surface area contributed by atoms with E-state index >= 15 is 0 Å². The molecule has 1 nitrogen and oxygen atoms in total. The fourth-order valence-electron chi connectivity index (χ4n) is 0.761. The van der Waals surface area contributed by atoms with Gasteiger partial charge in [0.15, 0.2) is 0 Å². The minimum Gasteiger partial charge on any atom is -0.494 e. The predicted octanol–water partition coefficient (Wildman–Crippen LogP) is 2.43. The zero-order chi connectivity index (χ0) is 7.94. The molecule has 0 amide bonds. The zero-order valence-electron chi connectivity index (χ0n) is 6.29. The van der Waals surface area contributed by atoms with E-state index in [1.54, 1.807) is 0 Å². The Bertz CT molecular complexity index is 186. The standard InChI is InChI=1S/C9H11FO/c10-7-4-8-11-9-5-2-1-3-6-9/h1-3,5-6H,4,7-8H2/i10-1. The lowest BCUT2D eigenvalue weighted by Gasteiger charge is -2.02. The quantitative estimate of drug-likeness (QED) is 0.603. The SMILES string of the molecule is [18F]CCCOc1ccccc1. The fourth-order valence-corrected chi connectivity index (χ4v) is 0.761. The fraction of sp³-hybridized carbons (Fsp3) is 0.333. The molecule has 0 spiro atoms. The summed E-state index contributed by atoms with van der Waals surface area (Å²) >= 11 is 0. The van der Waals surface area contributed by atoms with Crippen molar-refractivity contribution in [3.8, 4) is 5.75 Å². The van der Waals surface area contributed by atoms with Gasteiger partial charge in [-0.25, -0.2) is 0 Å². The van der Waals surface area contributed by atoms with Gasteiger partial charge in [0.25, 0.3) is 0 Å². The summed E-state index contributed by atoms with van der Waals surface area (Å²) < 4.78 is 16.8. The second kappa shape index (κ2) is 4.72. The molecule has 1 aromatic rings. The Morgan fingerprint density at radius 3 is 2.55 bits per heavy atom. The van der Waals surface area contributed by atoms with Crippen LogP contribution in [0.15, 0.2) is 30.3 Å². The summed E-state index contributed by atoms with van der Waals surface area (Å²) in [5, 5.41) is 0. The van der Waals surface area contributed by atoms with Crippen LogP contribution in [-0.2, 0) is 0 Å². The van der Waals surface area contributed by atoms with Crippen LogP contribution in [0.1, 0.15) is 6.42 Å². The molecule has 0 fully saturated rings. The molecular weight excluding hydrogens is 142 g/mol. The van der Waals surface area contributed by atoms with Gasteiger partial charge in [-0.1, -0.05) is 18.2 Å². The first kappa shape index (κ1) is 8.05. The number of ether oxygens (including phenoxy) is 1. The molecule has 0 unspecified atom stereocenters. The van der Waals surface area contributed by atoms with Gasteiger partial charge >= 0.3 is 0 Å². The second-order valence-electron chi connectivity index (χ2n) is 2.20. The Hall–Kier alpha value is -1.05. The molecule has 0 saturated carbocycles. The van der Waals surface area contributed by atoms with Crippen LogP contribution >= 0.6 is 0 Å². The van der Waals surface area contributed by atoms with E-state index in [-0.39, 0.29) is 6.67 Å². The summed E-state index contributed by atoms with van der Waals surface area (Å²) in [5.41, 5.74) is 0. The smallest absolute Gasteiger partial charge is 0.119 e. The second-order valence-corrected chi connectivity index (χ2v) is 2.20. The van der Waals surface area contributed by atoms with Gasteiger partial charge in [0.05, 0.1) is 13.3 Å². The average molecular weight is 153 g/mol. The van der Waals surface area contributed by atoms with Crippen LogP contribution in [0.3, 0.4) is 0 Å². The van der Waals surface area contributed by atoms with Gasteiger partial charge in [0.1, 0.15) is 5.75 Å². The lowest BCUT2D eigenvalue weighted by atomic mass is 10.3. The first-order valence-electron chi connectivity index (χ1n) is 3.67. The number of hydrogen-bond acceptors (Lipinski definition) is 1. The molecule has 0 saturated heterocycles. The van der Waals surface area contributed by atoms with E-state index in [9.17, 15) is 4.39 Å². The number of benzene rings is 1. The maximum absolute atomic E-state index is 11.6. The molecule has 2 heteroatoms. The van der Waals surface area contributed by atoms with Crippen LogP contribution < -0.4 is 4.74 Å². The molecule has 1 aromatic carbocycles. The van der Waals surface area contributed by atoms with Crippen molar-refractivity contribution >= 4 is 0 Å². The van der Waals surface area contributed by atoms with Crippen molar-refractivity contribution in [2.75, 3.05) is 13.3 Å².